The molecule has 0 saturated carbocycles. The van der Waals surface area contributed by atoms with Gasteiger partial charge in [-0.15, -0.1) is 0 Å². The molecule has 1 aromatic heterocycles. The number of aryl methyl sites for hydroxylation is 1. The van der Waals surface area contributed by atoms with Crippen LogP contribution in [0, 0.1) is 0 Å². The van der Waals surface area contributed by atoms with Gasteiger partial charge in [0.05, 0.1) is 0 Å². The second-order valence-electron chi connectivity index (χ2n) is 5.74. The van der Waals surface area contributed by atoms with Gasteiger partial charge in [-0.05, 0) is 51.4 Å². The summed E-state index contributed by atoms with van der Waals surface area (Å²) in [4.78, 5) is 6.81. The average Bonchev–Trinajstić information content (AvgIpc) is 3.07. The Morgan fingerprint density at radius 2 is 1.78 bits per heavy atom. The second kappa shape index (κ2) is 12.9. The van der Waals surface area contributed by atoms with Crippen molar-refractivity contribution in [1.82, 2.24) is 25.3 Å². The van der Waals surface area contributed by atoms with Crippen molar-refractivity contribution in [3.8, 4) is 0 Å². The molecule has 0 amide bonds. The van der Waals surface area contributed by atoms with E-state index in [1.807, 2.05) is 30.2 Å². The molecule has 0 spiro atoms. The third-order valence-electron chi connectivity index (χ3n) is 3.66. The molecule has 0 radical (unpaired) electrons. The molecule has 0 bridgehead atoms. The van der Waals surface area contributed by atoms with E-state index in [4.69, 9.17) is 0 Å². The van der Waals surface area contributed by atoms with Gasteiger partial charge in [-0.1, -0.05) is 13.8 Å². The van der Waals surface area contributed by atoms with Crippen molar-refractivity contribution >= 4 is 5.96 Å². The first-order valence-corrected chi connectivity index (χ1v) is 8.94. The van der Waals surface area contributed by atoms with E-state index in [1.54, 1.807) is 0 Å². The maximum atomic E-state index is 4.27. The SMILES string of the molecule is CCCN(CCC)CCCNC(=NC)NCCCn1cccn1. The first-order valence-electron chi connectivity index (χ1n) is 8.94. The lowest BCUT2D eigenvalue weighted by Gasteiger charge is -2.21. The van der Waals surface area contributed by atoms with E-state index in [1.165, 1.54) is 25.9 Å². The Bertz CT molecular complexity index is 395. The maximum Gasteiger partial charge on any atom is 0.190 e. The van der Waals surface area contributed by atoms with Crippen molar-refractivity contribution in [2.75, 3.05) is 39.8 Å². The highest BCUT2D eigenvalue weighted by atomic mass is 15.3. The van der Waals surface area contributed by atoms with E-state index in [2.05, 4.69) is 39.5 Å². The minimum Gasteiger partial charge on any atom is -0.356 e. The van der Waals surface area contributed by atoms with Gasteiger partial charge >= 0.3 is 0 Å². The maximum absolute atomic E-state index is 4.27. The first kappa shape index (κ1) is 19.5. The van der Waals surface area contributed by atoms with Crippen LogP contribution in [0.15, 0.2) is 23.5 Å². The van der Waals surface area contributed by atoms with Crippen molar-refractivity contribution in [3.63, 3.8) is 0 Å². The molecule has 0 aromatic carbocycles. The number of guanidine groups is 1. The van der Waals surface area contributed by atoms with Crippen LogP contribution in [0.5, 0.6) is 0 Å². The van der Waals surface area contributed by atoms with E-state index in [0.717, 1.165) is 45.0 Å². The molecule has 0 atom stereocenters. The number of rotatable bonds is 12. The summed E-state index contributed by atoms with van der Waals surface area (Å²) < 4.78 is 1.95. The number of nitrogens with zero attached hydrogens (tertiary/aromatic N) is 4. The van der Waals surface area contributed by atoms with Gasteiger partial charge in [0, 0.05) is 39.1 Å². The lowest BCUT2D eigenvalue weighted by molar-refractivity contribution is 0.271. The summed E-state index contributed by atoms with van der Waals surface area (Å²) in [6.07, 6.45) is 8.44. The molecule has 23 heavy (non-hydrogen) atoms. The molecule has 0 saturated heterocycles. The lowest BCUT2D eigenvalue weighted by atomic mass is 10.3. The lowest BCUT2D eigenvalue weighted by Crippen LogP contribution is -2.39. The zero-order valence-electron chi connectivity index (χ0n) is 15.1. The number of hydrogen-bond acceptors (Lipinski definition) is 3. The molecular weight excluding hydrogens is 288 g/mol. The van der Waals surface area contributed by atoms with Gasteiger partial charge in [0.1, 0.15) is 0 Å². The van der Waals surface area contributed by atoms with E-state index >= 15 is 0 Å². The molecule has 6 nitrogen and oxygen atoms in total. The topological polar surface area (TPSA) is 57.5 Å². The normalized spacial score (nSPS) is 11.9. The molecule has 2 N–H and O–H groups in total. The summed E-state index contributed by atoms with van der Waals surface area (Å²) in [5.41, 5.74) is 0. The highest BCUT2D eigenvalue weighted by Crippen LogP contribution is 1.95. The summed E-state index contributed by atoms with van der Waals surface area (Å²) in [5.74, 6) is 0.892. The molecule has 0 aliphatic carbocycles. The van der Waals surface area contributed by atoms with Gasteiger partial charge in [0.15, 0.2) is 5.96 Å². The van der Waals surface area contributed by atoms with Crippen LogP contribution in [0.1, 0.15) is 39.5 Å². The van der Waals surface area contributed by atoms with Crippen molar-refractivity contribution in [2.24, 2.45) is 4.99 Å². The largest absolute Gasteiger partial charge is 0.356 e. The van der Waals surface area contributed by atoms with E-state index in [0.29, 0.717) is 0 Å². The molecule has 1 rings (SSSR count). The molecule has 1 aromatic rings. The summed E-state index contributed by atoms with van der Waals surface area (Å²) in [6.45, 7) is 10.8. The molecule has 132 valence electrons. The number of nitrogens with one attached hydrogen (secondary N) is 2. The Morgan fingerprint density at radius 1 is 1.09 bits per heavy atom. The van der Waals surface area contributed by atoms with E-state index in [9.17, 15) is 0 Å². The van der Waals surface area contributed by atoms with Crippen LogP contribution < -0.4 is 10.6 Å². The van der Waals surface area contributed by atoms with Crippen molar-refractivity contribution in [1.29, 1.82) is 0 Å². The first-order chi connectivity index (χ1) is 11.3. The van der Waals surface area contributed by atoms with Crippen molar-refractivity contribution < 1.29 is 0 Å². The summed E-state index contributed by atoms with van der Waals surface area (Å²) in [7, 11) is 1.82. The molecular formula is C17H34N6. The Kier molecular flexibility index (Phi) is 11.0. The summed E-state index contributed by atoms with van der Waals surface area (Å²) >= 11 is 0. The average molecular weight is 323 g/mol. The highest BCUT2D eigenvalue weighted by Gasteiger charge is 2.02. The van der Waals surface area contributed by atoms with Crippen LogP contribution in [0.4, 0.5) is 0 Å². The Hall–Kier alpha value is -1.56. The standard InChI is InChI=1S/C17H34N6/c1-4-12-22(13-5-2)14-6-9-19-17(18-3)20-10-7-15-23-16-8-11-21-23/h8,11,16H,4-7,9-10,12-15H2,1-3H3,(H2,18,19,20). The van der Waals surface area contributed by atoms with Crippen LogP contribution in [0.2, 0.25) is 0 Å². The third-order valence-corrected chi connectivity index (χ3v) is 3.66. The van der Waals surface area contributed by atoms with Gasteiger partial charge in [0.2, 0.25) is 0 Å². The molecule has 0 aliphatic heterocycles. The van der Waals surface area contributed by atoms with Crippen LogP contribution in [-0.4, -0.2) is 60.4 Å². The van der Waals surface area contributed by atoms with Crippen LogP contribution in [0.25, 0.3) is 0 Å². The van der Waals surface area contributed by atoms with E-state index < -0.39 is 0 Å². The molecule has 0 unspecified atom stereocenters. The minimum atomic E-state index is 0.892. The summed E-state index contributed by atoms with van der Waals surface area (Å²) in [5, 5.41) is 10.9. The quantitative estimate of drug-likeness (QED) is 0.351. The van der Waals surface area contributed by atoms with Gasteiger partial charge in [-0.25, -0.2) is 0 Å². The van der Waals surface area contributed by atoms with E-state index in [-0.39, 0.29) is 0 Å². The van der Waals surface area contributed by atoms with Crippen LogP contribution in [-0.2, 0) is 6.54 Å². The third kappa shape index (κ3) is 9.23. The molecule has 0 fully saturated rings. The second-order valence-corrected chi connectivity index (χ2v) is 5.74. The minimum absolute atomic E-state index is 0.892. The van der Waals surface area contributed by atoms with Gasteiger partial charge < -0.3 is 15.5 Å². The zero-order chi connectivity index (χ0) is 16.8. The predicted molar refractivity (Wildman–Crippen MR) is 97.8 cm³/mol. The van der Waals surface area contributed by atoms with Crippen LogP contribution >= 0.6 is 0 Å². The smallest absolute Gasteiger partial charge is 0.190 e. The fourth-order valence-corrected chi connectivity index (χ4v) is 2.58. The zero-order valence-corrected chi connectivity index (χ0v) is 15.1. The van der Waals surface area contributed by atoms with Gasteiger partial charge in [-0.3, -0.25) is 9.67 Å². The monoisotopic (exact) mass is 322 g/mol. The fourth-order valence-electron chi connectivity index (χ4n) is 2.58. The van der Waals surface area contributed by atoms with Gasteiger partial charge in [-0.2, -0.15) is 5.10 Å². The predicted octanol–water partition coefficient (Wildman–Crippen LogP) is 1.95. The molecule has 0 aliphatic rings. The number of hydrogen-bond donors (Lipinski definition) is 2. The highest BCUT2D eigenvalue weighted by molar-refractivity contribution is 5.79. The van der Waals surface area contributed by atoms with Crippen molar-refractivity contribution in [3.05, 3.63) is 18.5 Å². The van der Waals surface area contributed by atoms with Crippen LogP contribution in [0.3, 0.4) is 0 Å². The van der Waals surface area contributed by atoms with Crippen molar-refractivity contribution in [2.45, 2.75) is 46.1 Å². The molecule has 1 heterocycles. The molecule has 6 heteroatoms. The number of aliphatic imine (C=N–C) groups is 1. The Balaban J connectivity index is 2.08. The Labute approximate surface area is 141 Å². The number of aromatic nitrogens is 2. The van der Waals surface area contributed by atoms with Gasteiger partial charge in [0.25, 0.3) is 0 Å². The summed E-state index contributed by atoms with van der Waals surface area (Å²) in [6, 6.07) is 1.95. The fraction of sp³-hybridized carbons (Fsp3) is 0.765. The Morgan fingerprint density at radius 3 is 2.35 bits per heavy atom.